The van der Waals surface area contributed by atoms with E-state index < -0.39 is 16.7 Å². The summed E-state index contributed by atoms with van der Waals surface area (Å²) in [5, 5.41) is 16.0. The van der Waals surface area contributed by atoms with Gasteiger partial charge in [0.05, 0.1) is 6.07 Å². The van der Waals surface area contributed by atoms with Gasteiger partial charge in [0.15, 0.2) is 5.76 Å². The van der Waals surface area contributed by atoms with Crippen LogP contribution in [0.25, 0.3) is 0 Å². The molecule has 2 N–H and O–H groups in total. The van der Waals surface area contributed by atoms with E-state index in [9.17, 15) is 19.7 Å². The third-order valence-corrected chi connectivity index (χ3v) is 3.65. The van der Waals surface area contributed by atoms with E-state index >= 15 is 0 Å². The van der Waals surface area contributed by atoms with Crippen molar-refractivity contribution in [1.29, 1.82) is 0 Å². The Morgan fingerprint density at radius 2 is 1.84 bits per heavy atom. The Kier molecular flexibility index (Phi) is 5.89. The van der Waals surface area contributed by atoms with Gasteiger partial charge in [-0.15, -0.1) is 0 Å². The van der Waals surface area contributed by atoms with Crippen LogP contribution in [0.3, 0.4) is 0 Å². The van der Waals surface area contributed by atoms with Crippen LogP contribution in [0.2, 0.25) is 0 Å². The van der Waals surface area contributed by atoms with Crippen LogP contribution in [0.1, 0.15) is 46.7 Å². The van der Waals surface area contributed by atoms with Crippen molar-refractivity contribution in [2.45, 2.75) is 32.9 Å². The van der Waals surface area contributed by atoms with Gasteiger partial charge in [0, 0.05) is 18.2 Å². The standard InChI is InChI=1S/C17H19N3O5/c1-3-11(2)19-16(21)13-6-4-12(5-7-13)10-18-17(22)14-8-9-15(25-14)20(23)24/h4-9,11H,3,10H2,1-2H3,(H,18,22)(H,19,21). The van der Waals surface area contributed by atoms with E-state index in [-0.39, 0.29) is 24.3 Å². The summed E-state index contributed by atoms with van der Waals surface area (Å²) in [5.74, 6) is -1.31. The molecule has 0 fully saturated rings. The monoisotopic (exact) mass is 345 g/mol. The molecule has 0 saturated heterocycles. The van der Waals surface area contributed by atoms with Crippen molar-refractivity contribution in [2.24, 2.45) is 0 Å². The van der Waals surface area contributed by atoms with Gasteiger partial charge >= 0.3 is 5.88 Å². The third kappa shape index (κ3) is 4.90. The predicted octanol–water partition coefficient (Wildman–Crippen LogP) is 2.65. The van der Waals surface area contributed by atoms with Gasteiger partial charge in [-0.05, 0) is 37.1 Å². The fraction of sp³-hybridized carbons (Fsp3) is 0.294. The van der Waals surface area contributed by atoms with Gasteiger partial charge in [-0.1, -0.05) is 19.1 Å². The molecule has 0 radical (unpaired) electrons. The lowest BCUT2D eigenvalue weighted by Gasteiger charge is -2.11. The van der Waals surface area contributed by atoms with Crippen LogP contribution in [0.4, 0.5) is 5.88 Å². The lowest BCUT2D eigenvalue weighted by Crippen LogP contribution is -2.31. The molecule has 0 spiro atoms. The maximum Gasteiger partial charge on any atom is 0.433 e. The largest absolute Gasteiger partial charge is 0.433 e. The van der Waals surface area contributed by atoms with Crippen molar-refractivity contribution in [3.05, 3.63) is 63.4 Å². The van der Waals surface area contributed by atoms with Crippen molar-refractivity contribution in [3.63, 3.8) is 0 Å². The summed E-state index contributed by atoms with van der Waals surface area (Å²) >= 11 is 0. The van der Waals surface area contributed by atoms with Crippen molar-refractivity contribution in [2.75, 3.05) is 0 Å². The first-order valence-electron chi connectivity index (χ1n) is 7.83. The van der Waals surface area contributed by atoms with Crippen LogP contribution in [0.5, 0.6) is 0 Å². The second-order valence-corrected chi connectivity index (χ2v) is 5.56. The van der Waals surface area contributed by atoms with Crippen LogP contribution in [0, 0.1) is 10.1 Å². The highest BCUT2D eigenvalue weighted by Crippen LogP contribution is 2.15. The van der Waals surface area contributed by atoms with Crippen LogP contribution in [0.15, 0.2) is 40.8 Å². The van der Waals surface area contributed by atoms with E-state index in [4.69, 9.17) is 4.42 Å². The molecular weight excluding hydrogens is 326 g/mol. The maximum absolute atomic E-state index is 12.0. The molecule has 132 valence electrons. The number of amides is 2. The average molecular weight is 345 g/mol. The van der Waals surface area contributed by atoms with Crippen molar-refractivity contribution in [3.8, 4) is 0 Å². The number of carbonyl (C=O) groups is 2. The Bertz CT molecular complexity index is 767. The van der Waals surface area contributed by atoms with Gasteiger partial charge in [0.2, 0.25) is 0 Å². The first-order chi connectivity index (χ1) is 11.9. The molecule has 1 aromatic carbocycles. The molecule has 2 rings (SSSR count). The zero-order valence-corrected chi connectivity index (χ0v) is 13.9. The molecule has 2 amide bonds. The zero-order valence-electron chi connectivity index (χ0n) is 13.9. The number of hydrogen-bond acceptors (Lipinski definition) is 5. The minimum Gasteiger partial charge on any atom is -0.395 e. The number of rotatable bonds is 7. The molecule has 1 atom stereocenters. The first-order valence-corrected chi connectivity index (χ1v) is 7.83. The molecule has 0 aliphatic rings. The van der Waals surface area contributed by atoms with Gasteiger partial charge in [-0.3, -0.25) is 19.7 Å². The third-order valence-electron chi connectivity index (χ3n) is 3.65. The van der Waals surface area contributed by atoms with Gasteiger partial charge in [-0.25, -0.2) is 0 Å². The molecule has 0 aliphatic carbocycles. The quantitative estimate of drug-likeness (QED) is 0.591. The summed E-state index contributed by atoms with van der Waals surface area (Å²) in [6, 6.07) is 9.29. The molecule has 1 unspecified atom stereocenters. The summed E-state index contributed by atoms with van der Waals surface area (Å²) in [5.41, 5.74) is 1.33. The number of nitro groups is 1. The number of furan rings is 1. The molecule has 1 heterocycles. The summed E-state index contributed by atoms with van der Waals surface area (Å²) in [6.45, 7) is 4.13. The Balaban J connectivity index is 1.91. The minimum absolute atomic E-state index is 0.101. The van der Waals surface area contributed by atoms with E-state index in [1.165, 1.54) is 6.07 Å². The molecule has 0 aliphatic heterocycles. The Hall–Kier alpha value is -3.16. The number of nitrogens with one attached hydrogen (secondary N) is 2. The smallest absolute Gasteiger partial charge is 0.395 e. The number of hydrogen-bond donors (Lipinski definition) is 2. The Labute approximate surface area is 144 Å². The van der Waals surface area contributed by atoms with E-state index in [1.54, 1.807) is 24.3 Å². The van der Waals surface area contributed by atoms with E-state index in [2.05, 4.69) is 10.6 Å². The van der Waals surface area contributed by atoms with Gasteiger partial charge in [0.25, 0.3) is 11.8 Å². The van der Waals surface area contributed by atoms with Crippen molar-refractivity contribution < 1.29 is 18.9 Å². The fourth-order valence-corrected chi connectivity index (χ4v) is 2.00. The molecular formula is C17H19N3O5. The summed E-state index contributed by atoms with van der Waals surface area (Å²) in [6.07, 6.45) is 0.848. The molecule has 1 aromatic heterocycles. The molecule has 0 bridgehead atoms. The second kappa shape index (κ2) is 8.09. The van der Waals surface area contributed by atoms with Gasteiger partial charge in [0.1, 0.15) is 4.92 Å². The van der Waals surface area contributed by atoms with Crippen molar-refractivity contribution in [1.82, 2.24) is 10.6 Å². The lowest BCUT2D eigenvalue weighted by atomic mass is 10.1. The summed E-state index contributed by atoms with van der Waals surface area (Å²) in [7, 11) is 0. The second-order valence-electron chi connectivity index (χ2n) is 5.56. The van der Waals surface area contributed by atoms with Crippen molar-refractivity contribution >= 4 is 17.7 Å². The molecule has 8 heteroatoms. The highest BCUT2D eigenvalue weighted by atomic mass is 16.6. The lowest BCUT2D eigenvalue weighted by molar-refractivity contribution is -0.402. The van der Waals surface area contributed by atoms with E-state index in [1.807, 2.05) is 13.8 Å². The minimum atomic E-state index is -0.708. The fourth-order valence-electron chi connectivity index (χ4n) is 2.00. The number of nitrogens with zero attached hydrogens (tertiary/aromatic N) is 1. The predicted molar refractivity (Wildman–Crippen MR) is 90.2 cm³/mol. The number of benzene rings is 1. The maximum atomic E-state index is 12.0. The normalized spacial score (nSPS) is 11.6. The summed E-state index contributed by atoms with van der Waals surface area (Å²) < 4.78 is 4.83. The van der Waals surface area contributed by atoms with Crippen LogP contribution in [-0.4, -0.2) is 22.8 Å². The highest BCUT2D eigenvalue weighted by Gasteiger charge is 2.17. The Morgan fingerprint density at radius 3 is 2.40 bits per heavy atom. The van der Waals surface area contributed by atoms with Crippen LogP contribution < -0.4 is 10.6 Å². The molecule has 0 saturated carbocycles. The average Bonchev–Trinajstić information content (AvgIpc) is 3.10. The SMILES string of the molecule is CCC(C)NC(=O)c1ccc(CNC(=O)c2ccc([N+](=O)[O-])o2)cc1. The Morgan fingerprint density at radius 1 is 1.16 bits per heavy atom. The highest BCUT2D eigenvalue weighted by molar-refractivity contribution is 5.94. The van der Waals surface area contributed by atoms with E-state index in [0.717, 1.165) is 18.1 Å². The number of carbonyl (C=O) groups excluding carboxylic acids is 2. The van der Waals surface area contributed by atoms with Crippen LogP contribution >= 0.6 is 0 Å². The zero-order chi connectivity index (χ0) is 18.4. The summed E-state index contributed by atoms with van der Waals surface area (Å²) in [4.78, 5) is 33.7. The van der Waals surface area contributed by atoms with Gasteiger partial charge in [-0.2, -0.15) is 0 Å². The molecule has 2 aromatic rings. The topological polar surface area (TPSA) is 114 Å². The molecule has 25 heavy (non-hydrogen) atoms. The van der Waals surface area contributed by atoms with Gasteiger partial charge < -0.3 is 15.1 Å². The van der Waals surface area contributed by atoms with Crippen LogP contribution in [-0.2, 0) is 6.54 Å². The van der Waals surface area contributed by atoms with E-state index in [0.29, 0.717) is 5.56 Å². The molecule has 8 nitrogen and oxygen atoms in total. The first kappa shape index (κ1) is 18.2.